The number of carbonyl (C=O) groups is 2. The van der Waals surface area contributed by atoms with E-state index in [1.165, 1.54) is 13.8 Å². The van der Waals surface area contributed by atoms with Crippen molar-refractivity contribution in [1.29, 1.82) is 0 Å². The number of ether oxygens (including phenoxy) is 2. The molecular weight excluding hydrogens is 344 g/mol. The van der Waals surface area contributed by atoms with Crippen molar-refractivity contribution in [3.8, 4) is 0 Å². The molecule has 0 aromatic carbocycles. The molecular formula is C10H18O10S2. The van der Waals surface area contributed by atoms with E-state index in [-0.39, 0.29) is 0 Å². The molecule has 2 atom stereocenters. The molecule has 0 aliphatic rings. The second-order valence-electron chi connectivity index (χ2n) is 4.60. The summed E-state index contributed by atoms with van der Waals surface area (Å²) >= 11 is 0. The van der Waals surface area contributed by atoms with Crippen LogP contribution in [-0.4, -0.2) is 61.6 Å². The Bertz CT molecular complexity index is 537. The summed E-state index contributed by atoms with van der Waals surface area (Å²) in [6, 6.07) is 0. The van der Waals surface area contributed by atoms with E-state index in [2.05, 4.69) is 9.47 Å². The maximum atomic E-state index is 11.3. The van der Waals surface area contributed by atoms with Gasteiger partial charge in [0.05, 0.1) is 12.8 Å². The molecule has 0 saturated carbocycles. The van der Waals surface area contributed by atoms with Gasteiger partial charge in [-0.3, -0.25) is 18.7 Å². The first-order valence-corrected chi connectivity index (χ1v) is 9.29. The van der Waals surface area contributed by atoms with Crippen LogP contribution in [0.1, 0.15) is 26.7 Å². The van der Waals surface area contributed by atoms with E-state index in [1.54, 1.807) is 0 Å². The SMILES string of the molecule is CC(CS(=O)(=O)O)OC(=O)CCC(=O)OC(C)CS(=O)(=O)O. The first-order valence-electron chi connectivity index (χ1n) is 6.08. The normalized spacial score (nSPS) is 14.9. The van der Waals surface area contributed by atoms with Crippen molar-refractivity contribution >= 4 is 32.2 Å². The Morgan fingerprint density at radius 1 is 0.818 bits per heavy atom. The molecule has 22 heavy (non-hydrogen) atoms. The first kappa shape index (κ1) is 20.8. The Balaban J connectivity index is 4.12. The highest BCUT2D eigenvalue weighted by Gasteiger charge is 2.19. The largest absolute Gasteiger partial charge is 0.461 e. The molecule has 0 spiro atoms. The van der Waals surface area contributed by atoms with E-state index in [4.69, 9.17) is 9.11 Å². The maximum Gasteiger partial charge on any atom is 0.306 e. The van der Waals surface area contributed by atoms with Crippen LogP contribution in [0.4, 0.5) is 0 Å². The molecule has 0 heterocycles. The molecule has 2 N–H and O–H groups in total. The van der Waals surface area contributed by atoms with Crippen LogP contribution in [-0.2, 0) is 39.3 Å². The van der Waals surface area contributed by atoms with E-state index in [0.717, 1.165) is 0 Å². The monoisotopic (exact) mass is 362 g/mol. The number of rotatable bonds is 9. The summed E-state index contributed by atoms with van der Waals surface area (Å²) in [7, 11) is -8.57. The predicted octanol–water partition coefficient (Wildman–Crippen LogP) is -0.594. The fraction of sp³-hybridized carbons (Fsp3) is 0.800. The van der Waals surface area contributed by atoms with Gasteiger partial charge in [0.2, 0.25) is 0 Å². The minimum Gasteiger partial charge on any atom is -0.461 e. The van der Waals surface area contributed by atoms with Gasteiger partial charge in [0.1, 0.15) is 23.7 Å². The lowest BCUT2D eigenvalue weighted by molar-refractivity contribution is -0.154. The Kier molecular flexibility index (Phi) is 7.93. The summed E-state index contributed by atoms with van der Waals surface area (Å²) in [5.74, 6) is -3.30. The Hall–Kier alpha value is -1.24. The van der Waals surface area contributed by atoms with Gasteiger partial charge in [0.25, 0.3) is 20.2 Å². The molecule has 0 aromatic rings. The van der Waals surface area contributed by atoms with Crippen LogP contribution in [0.25, 0.3) is 0 Å². The minimum absolute atomic E-state index is 0.409. The summed E-state index contributed by atoms with van der Waals surface area (Å²) in [6.45, 7) is 2.50. The zero-order valence-electron chi connectivity index (χ0n) is 12.0. The molecule has 2 unspecified atom stereocenters. The highest BCUT2D eigenvalue weighted by molar-refractivity contribution is 7.86. The quantitative estimate of drug-likeness (QED) is 0.400. The summed E-state index contributed by atoms with van der Waals surface area (Å²) in [5, 5.41) is 0. The summed E-state index contributed by atoms with van der Waals surface area (Å²) < 4.78 is 68.6. The lowest BCUT2D eigenvalue weighted by Gasteiger charge is -2.13. The number of carbonyl (C=O) groups excluding carboxylic acids is 2. The van der Waals surface area contributed by atoms with Gasteiger partial charge in [0.15, 0.2) is 0 Å². The molecule has 0 aliphatic heterocycles. The third-order valence-corrected chi connectivity index (χ3v) is 3.87. The topological polar surface area (TPSA) is 161 Å². The number of hydrogen-bond donors (Lipinski definition) is 2. The average Bonchev–Trinajstić information content (AvgIpc) is 2.20. The van der Waals surface area contributed by atoms with Gasteiger partial charge in [-0.1, -0.05) is 0 Å². The van der Waals surface area contributed by atoms with Gasteiger partial charge in [-0.15, -0.1) is 0 Å². The second kappa shape index (κ2) is 8.41. The maximum absolute atomic E-state index is 11.3. The van der Waals surface area contributed by atoms with E-state index < -0.39 is 68.7 Å². The molecule has 0 fully saturated rings. The number of esters is 2. The third-order valence-electron chi connectivity index (χ3n) is 2.09. The van der Waals surface area contributed by atoms with Gasteiger partial charge in [-0.05, 0) is 13.8 Å². The number of hydrogen-bond acceptors (Lipinski definition) is 8. The molecule has 0 aliphatic carbocycles. The minimum atomic E-state index is -4.28. The van der Waals surface area contributed by atoms with Gasteiger partial charge in [-0.25, -0.2) is 0 Å². The van der Waals surface area contributed by atoms with Crippen LogP contribution in [0.15, 0.2) is 0 Å². The summed E-state index contributed by atoms with van der Waals surface area (Å²) in [4.78, 5) is 22.6. The summed E-state index contributed by atoms with van der Waals surface area (Å²) in [5.41, 5.74) is 0. The highest BCUT2D eigenvalue weighted by Crippen LogP contribution is 2.04. The second-order valence-corrected chi connectivity index (χ2v) is 7.59. The van der Waals surface area contributed by atoms with Crippen molar-refractivity contribution in [3.63, 3.8) is 0 Å². The fourth-order valence-electron chi connectivity index (χ4n) is 1.43. The van der Waals surface area contributed by atoms with Crippen LogP contribution in [0, 0.1) is 0 Å². The third kappa shape index (κ3) is 12.5. The van der Waals surface area contributed by atoms with Crippen LogP contribution in [0.3, 0.4) is 0 Å². The molecule has 0 rings (SSSR count). The standard InChI is InChI=1S/C10H18O10S2/c1-7(5-21(13,14)15)19-9(11)3-4-10(12)20-8(2)6-22(16,17)18/h7-8H,3-6H2,1-2H3,(H,13,14,15)(H,16,17,18). The van der Waals surface area contributed by atoms with E-state index in [0.29, 0.717) is 0 Å². The van der Waals surface area contributed by atoms with Crippen molar-refractivity contribution in [1.82, 2.24) is 0 Å². The first-order chi connectivity index (χ1) is 9.78. The van der Waals surface area contributed by atoms with Crippen LogP contribution < -0.4 is 0 Å². The molecule has 0 aromatic heterocycles. The Morgan fingerprint density at radius 2 is 1.09 bits per heavy atom. The molecule has 130 valence electrons. The molecule has 0 saturated heterocycles. The van der Waals surface area contributed by atoms with E-state index in [9.17, 15) is 26.4 Å². The molecule has 0 radical (unpaired) electrons. The zero-order chi connectivity index (χ0) is 17.6. The van der Waals surface area contributed by atoms with Crippen LogP contribution in [0.5, 0.6) is 0 Å². The highest BCUT2D eigenvalue weighted by atomic mass is 32.2. The van der Waals surface area contributed by atoms with E-state index >= 15 is 0 Å². The van der Waals surface area contributed by atoms with Gasteiger partial charge >= 0.3 is 11.9 Å². The van der Waals surface area contributed by atoms with Gasteiger partial charge < -0.3 is 9.47 Å². The fourth-order valence-corrected chi connectivity index (χ4v) is 2.75. The zero-order valence-corrected chi connectivity index (χ0v) is 13.6. The molecule has 0 amide bonds. The van der Waals surface area contributed by atoms with Crippen molar-refractivity contribution in [2.24, 2.45) is 0 Å². The van der Waals surface area contributed by atoms with E-state index in [1.807, 2.05) is 0 Å². The van der Waals surface area contributed by atoms with Crippen LogP contribution in [0.2, 0.25) is 0 Å². The molecule has 10 nitrogen and oxygen atoms in total. The van der Waals surface area contributed by atoms with Crippen molar-refractivity contribution in [2.45, 2.75) is 38.9 Å². The van der Waals surface area contributed by atoms with Gasteiger partial charge in [-0.2, -0.15) is 16.8 Å². The Labute approximate surface area is 128 Å². The van der Waals surface area contributed by atoms with Gasteiger partial charge in [0, 0.05) is 0 Å². The lowest BCUT2D eigenvalue weighted by Crippen LogP contribution is -2.25. The molecule has 12 heteroatoms. The van der Waals surface area contributed by atoms with Crippen molar-refractivity contribution < 1.29 is 45.0 Å². The lowest BCUT2D eigenvalue weighted by atomic mass is 10.3. The average molecular weight is 362 g/mol. The van der Waals surface area contributed by atoms with Crippen LogP contribution >= 0.6 is 0 Å². The summed E-state index contributed by atoms with van der Waals surface area (Å²) in [6.07, 6.45) is -2.99. The smallest absolute Gasteiger partial charge is 0.306 e. The molecule has 0 bridgehead atoms. The van der Waals surface area contributed by atoms with Crippen molar-refractivity contribution in [3.05, 3.63) is 0 Å². The Morgan fingerprint density at radius 3 is 1.32 bits per heavy atom. The predicted molar refractivity (Wildman–Crippen MR) is 73.2 cm³/mol. The van der Waals surface area contributed by atoms with Crippen molar-refractivity contribution in [2.75, 3.05) is 11.5 Å².